The smallest absolute Gasteiger partial charge is 0.232 e. The Morgan fingerprint density at radius 3 is 2.64 bits per heavy atom. The highest BCUT2D eigenvalue weighted by Gasteiger charge is 2.10. The van der Waals surface area contributed by atoms with Gasteiger partial charge in [0.15, 0.2) is 0 Å². The molecule has 0 aliphatic carbocycles. The van der Waals surface area contributed by atoms with Gasteiger partial charge in [-0.2, -0.15) is 0 Å². The molecule has 1 rings (SSSR count). The SMILES string of the molecule is COC(C)CCc1nnc(C(C)N)o1. The van der Waals surface area contributed by atoms with Gasteiger partial charge in [0.05, 0.1) is 12.1 Å². The van der Waals surface area contributed by atoms with Crippen LogP contribution in [0, 0.1) is 0 Å². The van der Waals surface area contributed by atoms with Crippen molar-refractivity contribution in [2.24, 2.45) is 5.73 Å². The Kier molecular flexibility index (Phi) is 4.03. The van der Waals surface area contributed by atoms with Gasteiger partial charge in [0.25, 0.3) is 0 Å². The molecule has 1 aromatic heterocycles. The number of hydrogen-bond donors (Lipinski definition) is 1. The largest absolute Gasteiger partial charge is 0.424 e. The number of ether oxygens (including phenoxy) is 1. The van der Waals surface area contributed by atoms with Crippen molar-refractivity contribution in [2.45, 2.75) is 38.8 Å². The summed E-state index contributed by atoms with van der Waals surface area (Å²) in [6.45, 7) is 3.82. The van der Waals surface area contributed by atoms with Gasteiger partial charge in [-0.1, -0.05) is 0 Å². The van der Waals surface area contributed by atoms with Gasteiger partial charge in [-0.25, -0.2) is 0 Å². The van der Waals surface area contributed by atoms with Crippen molar-refractivity contribution < 1.29 is 9.15 Å². The number of nitrogens with zero attached hydrogens (tertiary/aromatic N) is 2. The zero-order valence-corrected chi connectivity index (χ0v) is 8.86. The first-order valence-corrected chi connectivity index (χ1v) is 4.74. The highest BCUT2D eigenvalue weighted by atomic mass is 16.5. The summed E-state index contributed by atoms with van der Waals surface area (Å²) in [4.78, 5) is 0. The molecule has 0 spiro atoms. The van der Waals surface area contributed by atoms with Crippen LogP contribution in [0.5, 0.6) is 0 Å². The zero-order chi connectivity index (χ0) is 10.6. The van der Waals surface area contributed by atoms with Gasteiger partial charge < -0.3 is 14.9 Å². The molecule has 0 bridgehead atoms. The summed E-state index contributed by atoms with van der Waals surface area (Å²) in [5.41, 5.74) is 5.59. The lowest BCUT2D eigenvalue weighted by molar-refractivity contribution is 0.109. The van der Waals surface area contributed by atoms with Crippen molar-refractivity contribution in [3.63, 3.8) is 0 Å². The third kappa shape index (κ3) is 3.08. The molecule has 0 fully saturated rings. The minimum atomic E-state index is -0.198. The molecule has 80 valence electrons. The lowest BCUT2D eigenvalue weighted by atomic mass is 10.2. The summed E-state index contributed by atoms with van der Waals surface area (Å²) >= 11 is 0. The van der Waals surface area contributed by atoms with Gasteiger partial charge in [-0.3, -0.25) is 0 Å². The summed E-state index contributed by atoms with van der Waals surface area (Å²) in [6.07, 6.45) is 1.81. The van der Waals surface area contributed by atoms with E-state index in [0.29, 0.717) is 11.8 Å². The van der Waals surface area contributed by atoms with E-state index < -0.39 is 0 Å². The van der Waals surface area contributed by atoms with Gasteiger partial charge >= 0.3 is 0 Å². The highest BCUT2D eigenvalue weighted by molar-refractivity contribution is 4.86. The van der Waals surface area contributed by atoms with Crippen LogP contribution in [0.2, 0.25) is 0 Å². The number of hydrogen-bond acceptors (Lipinski definition) is 5. The van der Waals surface area contributed by atoms with Crippen LogP contribution in [0.4, 0.5) is 0 Å². The predicted octanol–water partition coefficient (Wildman–Crippen LogP) is 1.06. The van der Waals surface area contributed by atoms with E-state index in [2.05, 4.69) is 10.2 Å². The Labute approximate surface area is 83.6 Å². The fourth-order valence-electron chi connectivity index (χ4n) is 0.996. The Bertz CT molecular complexity index is 273. The average molecular weight is 199 g/mol. The molecule has 0 aromatic carbocycles. The van der Waals surface area contributed by atoms with E-state index >= 15 is 0 Å². The monoisotopic (exact) mass is 199 g/mol. The molecule has 5 heteroatoms. The van der Waals surface area contributed by atoms with Gasteiger partial charge in [-0.15, -0.1) is 10.2 Å². The van der Waals surface area contributed by atoms with E-state index in [1.165, 1.54) is 0 Å². The number of rotatable bonds is 5. The molecule has 2 unspecified atom stereocenters. The molecule has 2 N–H and O–H groups in total. The first-order valence-electron chi connectivity index (χ1n) is 4.74. The molecule has 0 aliphatic rings. The quantitative estimate of drug-likeness (QED) is 0.767. The maximum Gasteiger partial charge on any atom is 0.232 e. The van der Waals surface area contributed by atoms with Crippen molar-refractivity contribution >= 4 is 0 Å². The van der Waals surface area contributed by atoms with Crippen molar-refractivity contribution in [2.75, 3.05) is 7.11 Å². The fourth-order valence-corrected chi connectivity index (χ4v) is 0.996. The van der Waals surface area contributed by atoms with Crippen molar-refractivity contribution in [3.8, 4) is 0 Å². The van der Waals surface area contributed by atoms with Gasteiger partial charge in [0, 0.05) is 13.5 Å². The summed E-state index contributed by atoms with van der Waals surface area (Å²) in [5, 5.41) is 7.73. The second kappa shape index (κ2) is 5.07. The first-order chi connectivity index (χ1) is 6.63. The minimum absolute atomic E-state index is 0.198. The maximum atomic E-state index is 5.59. The second-order valence-electron chi connectivity index (χ2n) is 3.41. The lowest BCUT2D eigenvalue weighted by Crippen LogP contribution is -2.06. The summed E-state index contributed by atoms with van der Waals surface area (Å²) in [6, 6.07) is -0.198. The van der Waals surface area contributed by atoms with Crippen molar-refractivity contribution in [1.29, 1.82) is 0 Å². The van der Waals surface area contributed by atoms with Gasteiger partial charge in [0.2, 0.25) is 11.8 Å². The van der Waals surface area contributed by atoms with Crippen LogP contribution >= 0.6 is 0 Å². The third-order valence-electron chi connectivity index (χ3n) is 2.04. The average Bonchev–Trinajstić information content (AvgIpc) is 2.62. The van der Waals surface area contributed by atoms with Gasteiger partial charge in [-0.05, 0) is 20.3 Å². The minimum Gasteiger partial charge on any atom is -0.424 e. The van der Waals surface area contributed by atoms with Gasteiger partial charge in [0.1, 0.15) is 0 Å². The summed E-state index contributed by atoms with van der Waals surface area (Å²) in [7, 11) is 1.69. The van der Waals surface area contributed by atoms with E-state index in [1.54, 1.807) is 7.11 Å². The van der Waals surface area contributed by atoms with Crippen LogP contribution in [0.1, 0.15) is 38.1 Å². The number of nitrogens with two attached hydrogens (primary N) is 1. The summed E-state index contributed by atoms with van der Waals surface area (Å²) in [5.74, 6) is 1.12. The molecule has 0 aliphatic heterocycles. The van der Waals surface area contributed by atoms with E-state index in [0.717, 1.165) is 12.8 Å². The van der Waals surface area contributed by atoms with Crippen LogP contribution in [0.25, 0.3) is 0 Å². The molecule has 0 radical (unpaired) electrons. The lowest BCUT2D eigenvalue weighted by Gasteiger charge is -2.05. The van der Waals surface area contributed by atoms with E-state index in [9.17, 15) is 0 Å². The third-order valence-corrected chi connectivity index (χ3v) is 2.04. The Morgan fingerprint density at radius 2 is 2.14 bits per heavy atom. The molecule has 0 amide bonds. The molecule has 1 heterocycles. The Morgan fingerprint density at radius 1 is 1.43 bits per heavy atom. The first kappa shape index (κ1) is 11.1. The zero-order valence-electron chi connectivity index (χ0n) is 8.86. The van der Waals surface area contributed by atoms with E-state index in [1.807, 2.05) is 13.8 Å². The maximum absolute atomic E-state index is 5.59. The molecule has 2 atom stereocenters. The highest BCUT2D eigenvalue weighted by Crippen LogP contribution is 2.10. The predicted molar refractivity (Wildman–Crippen MR) is 51.7 cm³/mol. The number of aryl methyl sites for hydroxylation is 1. The second-order valence-corrected chi connectivity index (χ2v) is 3.41. The van der Waals surface area contributed by atoms with Crippen LogP contribution in [-0.2, 0) is 11.2 Å². The molecular formula is C9H17N3O2. The van der Waals surface area contributed by atoms with Crippen LogP contribution in [-0.4, -0.2) is 23.4 Å². The van der Waals surface area contributed by atoms with E-state index in [4.69, 9.17) is 14.9 Å². The Hall–Kier alpha value is -0.940. The molecular weight excluding hydrogens is 182 g/mol. The van der Waals surface area contributed by atoms with E-state index in [-0.39, 0.29) is 12.1 Å². The van der Waals surface area contributed by atoms with Crippen molar-refractivity contribution in [3.05, 3.63) is 11.8 Å². The number of aromatic nitrogens is 2. The normalized spacial score (nSPS) is 15.4. The standard InChI is InChI=1S/C9H17N3O2/c1-6(13-3)4-5-8-11-12-9(14-8)7(2)10/h6-7H,4-5,10H2,1-3H3. The molecule has 1 aromatic rings. The van der Waals surface area contributed by atoms with Crippen molar-refractivity contribution in [1.82, 2.24) is 10.2 Å². The Balaban J connectivity index is 2.44. The molecule has 5 nitrogen and oxygen atoms in total. The van der Waals surface area contributed by atoms with Crippen LogP contribution in [0.15, 0.2) is 4.42 Å². The molecule has 0 saturated heterocycles. The number of methoxy groups -OCH3 is 1. The fraction of sp³-hybridized carbons (Fsp3) is 0.778. The van der Waals surface area contributed by atoms with Crippen LogP contribution in [0.3, 0.4) is 0 Å². The van der Waals surface area contributed by atoms with Crippen LogP contribution < -0.4 is 5.73 Å². The summed E-state index contributed by atoms with van der Waals surface area (Å²) < 4.78 is 10.4. The molecule has 0 saturated carbocycles. The molecule has 14 heavy (non-hydrogen) atoms. The topological polar surface area (TPSA) is 74.2 Å².